The van der Waals surface area contributed by atoms with Crippen LogP contribution in [-0.2, 0) is 4.74 Å². The number of furan rings is 1. The molecular formula is C21H19NO4. The zero-order valence-electron chi connectivity index (χ0n) is 14.7. The number of hydrogen-bond acceptors (Lipinski definition) is 4. The summed E-state index contributed by atoms with van der Waals surface area (Å²) >= 11 is 0. The Bertz CT molecular complexity index is 1130. The molecule has 2 aromatic heterocycles. The molecule has 2 heterocycles. The van der Waals surface area contributed by atoms with Crippen molar-refractivity contribution >= 4 is 33.6 Å². The van der Waals surface area contributed by atoms with Crippen LogP contribution in [0.1, 0.15) is 36.2 Å². The first-order chi connectivity index (χ1) is 12.6. The number of para-hydroxylation sites is 1. The molecule has 0 saturated heterocycles. The van der Waals surface area contributed by atoms with Crippen molar-refractivity contribution in [1.29, 1.82) is 0 Å². The van der Waals surface area contributed by atoms with Crippen molar-refractivity contribution in [2.45, 2.75) is 20.3 Å². The van der Waals surface area contributed by atoms with E-state index in [4.69, 9.17) is 9.15 Å². The fourth-order valence-corrected chi connectivity index (χ4v) is 3.33. The number of aromatic amines is 1. The second kappa shape index (κ2) is 6.33. The minimum absolute atomic E-state index is 0.0103. The van der Waals surface area contributed by atoms with Crippen LogP contribution in [0.2, 0.25) is 0 Å². The summed E-state index contributed by atoms with van der Waals surface area (Å²) in [5, 5.41) is 0.810. The van der Waals surface area contributed by atoms with Gasteiger partial charge in [-0.2, -0.15) is 0 Å². The Morgan fingerprint density at radius 3 is 2.88 bits per heavy atom. The standard InChI is InChI=1S/C21H19NO4/c1-3-25-21(24)17-16(13-10-8-12(2)9-11-13)19-18(22-20(17)23)14-6-4-5-7-15(14)26-19/h4-8,10-12H,3,9H2,1-2H3,(H,22,23). The highest BCUT2D eigenvalue weighted by Crippen LogP contribution is 2.35. The number of hydrogen-bond donors (Lipinski definition) is 1. The van der Waals surface area contributed by atoms with E-state index in [1.54, 1.807) is 6.92 Å². The van der Waals surface area contributed by atoms with E-state index in [0.29, 0.717) is 28.2 Å². The third kappa shape index (κ3) is 2.56. The Labute approximate surface area is 150 Å². The van der Waals surface area contributed by atoms with Gasteiger partial charge in [0.05, 0.1) is 12.1 Å². The van der Waals surface area contributed by atoms with Gasteiger partial charge in [0.2, 0.25) is 0 Å². The van der Waals surface area contributed by atoms with Crippen molar-refractivity contribution < 1.29 is 13.9 Å². The molecule has 0 fully saturated rings. The molecule has 0 radical (unpaired) electrons. The van der Waals surface area contributed by atoms with Gasteiger partial charge in [-0.05, 0) is 37.0 Å². The third-order valence-corrected chi connectivity index (χ3v) is 4.62. The number of H-pyrrole nitrogens is 1. The predicted molar refractivity (Wildman–Crippen MR) is 101 cm³/mol. The monoisotopic (exact) mass is 349 g/mol. The molecule has 5 heteroatoms. The lowest BCUT2D eigenvalue weighted by molar-refractivity contribution is 0.0524. The number of fused-ring (bicyclic) bond motifs is 3. The smallest absolute Gasteiger partial charge is 0.344 e. The Kier molecular flexibility index (Phi) is 3.99. The number of nitrogens with one attached hydrogen (secondary N) is 1. The topological polar surface area (TPSA) is 72.3 Å². The normalized spacial score (nSPS) is 16.8. The van der Waals surface area contributed by atoms with E-state index in [-0.39, 0.29) is 12.2 Å². The Morgan fingerprint density at radius 2 is 2.15 bits per heavy atom. The lowest BCUT2D eigenvalue weighted by atomic mass is 9.91. The zero-order chi connectivity index (χ0) is 18.3. The second-order valence-electron chi connectivity index (χ2n) is 6.46. The van der Waals surface area contributed by atoms with Crippen molar-refractivity contribution in [3.8, 4) is 0 Å². The number of pyridine rings is 1. The maximum Gasteiger partial charge on any atom is 0.344 e. The molecule has 0 aliphatic heterocycles. The summed E-state index contributed by atoms with van der Waals surface area (Å²) in [6.07, 6.45) is 6.88. The van der Waals surface area contributed by atoms with E-state index >= 15 is 0 Å². The molecule has 0 spiro atoms. The van der Waals surface area contributed by atoms with E-state index < -0.39 is 11.5 Å². The first kappa shape index (κ1) is 16.4. The lowest BCUT2D eigenvalue weighted by Crippen LogP contribution is -2.22. The highest BCUT2D eigenvalue weighted by Gasteiger charge is 2.26. The molecule has 1 unspecified atom stereocenters. The van der Waals surface area contributed by atoms with Gasteiger partial charge in [-0.1, -0.05) is 37.3 Å². The summed E-state index contributed by atoms with van der Waals surface area (Å²) < 4.78 is 11.2. The van der Waals surface area contributed by atoms with Crippen LogP contribution in [0.25, 0.3) is 27.6 Å². The fourth-order valence-electron chi connectivity index (χ4n) is 3.33. The number of benzene rings is 1. The van der Waals surface area contributed by atoms with Crippen molar-refractivity contribution in [1.82, 2.24) is 4.98 Å². The average Bonchev–Trinajstić information content (AvgIpc) is 3.00. The molecule has 0 amide bonds. The van der Waals surface area contributed by atoms with Gasteiger partial charge >= 0.3 is 5.97 Å². The molecule has 1 aliphatic carbocycles. The van der Waals surface area contributed by atoms with Gasteiger partial charge in [0.1, 0.15) is 11.1 Å². The molecule has 0 bridgehead atoms. The first-order valence-corrected chi connectivity index (χ1v) is 8.73. The zero-order valence-corrected chi connectivity index (χ0v) is 14.7. The molecule has 1 aromatic carbocycles. The van der Waals surface area contributed by atoms with Gasteiger partial charge in [0.25, 0.3) is 5.56 Å². The Morgan fingerprint density at radius 1 is 1.35 bits per heavy atom. The van der Waals surface area contributed by atoms with Crippen LogP contribution in [0.5, 0.6) is 0 Å². The number of ether oxygens (including phenoxy) is 1. The van der Waals surface area contributed by atoms with Crippen LogP contribution >= 0.6 is 0 Å². The quantitative estimate of drug-likeness (QED) is 0.710. The van der Waals surface area contributed by atoms with Gasteiger partial charge in [0, 0.05) is 10.9 Å². The second-order valence-corrected chi connectivity index (χ2v) is 6.46. The molecule has 3 aromatic rings. The number of allylic oxidation sites excluding steroid dienone is 4. The lowest BCUT2D eigenvalue weighted by Gasteiger charge is -2.14. The molecule has 4 rings (SSSR count). The summed E-state index contributed by atoms with van der Waals surface area (Å²) in [5.41, 5.74) is 2.59. The summed E-state index contributed by atoms with van der Waals surface area (Å²) in [4.78, 5) is 28.1. The van der Waals surface area contributed by atoms with Crippen LogP contribution in [0, 0.1) is 5.92 Å². The summed E-state index contributed by atoms with van der Waals surface area (Å²) in [7, 11) is 0. The predicted octanol–water partition coefficient (Wildman–Crippen LogP) is 4.43. The minimum Gasteiger partial charge on any atom is -0.462 e. The maximum atomic E-state index is 12.8. The van der Waals surface area contributed by atoms with Crippen LogP contribution in [0.3, 0.4) is 0 Å². The third-order valence-electron chi connectivity index (χ3n) is 4.62. The number of carbonyl (C=O) groups excluding carboxylic acids is 1. The van der Waals surface area contributed by atoms with Crippen LogP contribution in [0.15, 0.2) is 51.7 Å². The maximum absolute atomic E-state index is 12.8. The largest absolute Gasteiger partial charge is 0.462 e. The molecule has 5 nitrogen and oxygen atoms in total. The number of esters is 1. The van der Waals surface area contributed by atoms with Crippen LogP contribution in [-0.4, -0.2) is 17.6 Å². The Balaban J connectivity index is 2.09. The number of carbonyl (C=O) groups is 1. The highest BCUT2D eigenvalue weighted by molar-refractivity contribution is 6.10. The molecule has 1 N–H and O–H groups in total. The molecule has 1 atom stereocenters. The van der Waals surface area contributed by atoms with Crippen molar-refractivity contribution in [3.05, 3.63) is 64.0 Å². The summed E-state index contributed by atoms with van der Waals surface area (Å²) in [6, 6.07) is 7.49. The number of aromatic nitrogens is 1. The molecule has 26 heavy (non-hydrogen) atoms. The molecular weight excluding hydrogens is 330 g/mol. The van der Waals surface area contributed by atoms with Crippen molar-refractivity contribution in [2.75, 3.05) is 6.61 Å². The van der Waals surface area contributed by atoms with E-state index in [0.717, 1.165) is 17.4 Å². The van der Waals surface area contributed by atoms with Crippen LogP contribution < -0.4 is 5.56 Å². The van der Waals surface area contributed by atoms with E-state index in [1.165, 1.54) is 0 Å². The summed E-state index contributed by atoms with van der Waals surface area (Å²) in [5.74, 6) is -0.225. The average molecular weight is 349 g/mol. The Hall–Kier alpha value is -3.08. The summed E-state index contributed by atoms with van der Waals surface area (Å²) in [6.45, 7) is 4.03. The van der Waals surface area contributed by atoms with Crippen molar-refractivity contribution in [3.63, 3.8) is 0 Å². The van der Waals surface area contributed by atoms with Gasteiger partial charge in [-0.3, -0.25) is 4.79 Å². The first-order valence-electron chi connectivity index (χ1n) is 8.73. The molecule has 132 valence electrons. The van der Waals surface area contributed by atoms with Gasteiger partial charge in [-0.25, -0.2) is 4.79 Å². The van der Waals surface area contributed by atoms with Crippen LogP contribution in [0.4, 0.5) is 0 Å². The van der Waals surface area contributed by atoms with Gasteiger partial charge in [0.15, 0.2) is 5.58 Å². The SMILES string of the molecule is CCOC(=O)c1c(C2=CCC(C)C=C2)c2oc3ccccc3c2[nH]c1=O. The van der Waals surface area contributed by atoms with Gasteiger partial charge < -0.3 is 14.1 Å². The highest BCUT2D eigenvalue weighted by atomic mass is 16.5. The number of rotatable bonds is 3. The van der Waals surface area contributed by atoms with E-state index in [1.807, 2.05) is 36.4 Å². The van der Waals surface area contributed by atoms with E-state index in [9.17, 15) is 9.59 Å². The van der Waals surface area contributed by atoms with Gasteiger partial charge in [-0.15, -0.1) is 0 Å². The van der Waals surface area contributed by atoms with E-state index in [2.05, 4.69) is 18.0 Å². The molecule has 1 aliphatic rings. The minimum atomic E-state index is -0.640. The fraction of sp³-hybridized carbons (Fsp3) is 0.238. The van der Waals surface area contributed by atoms with Crippen molar-refractivity contribution in [2.24, 2.45) is 5.92 Å². The molecule has 0 saturated carbocycles.